The number of rotatable bonds is 6. The Hall–Kier alpha value is -3.55. The Bertz CT molecular complexity index is 1050. The fourth-order valence-corrected chi connectivity index (χ4v) is 2.61. The minimum absolute atomic E-state index is 0.0412. The van der Waals surface area contributed by atoms with E-state index in [1.807, 2.05) is 0 Å². The maximum atomic E-state index is 12.4. The lowest BCUT2D eigenvalue weighted by molar-refractivity contribution is -0.139. The van der Waals surface area contributed by atoms with Gasteiger partial charge in [-0.1, -0.05) is 35.5 Å². The molecule has 27 heavy (non-hydrogen) atoms. The summed E-state index contributed by atoms with van der Waals surface area (Å²) in [6.45, 7) is 0.0989. The molecular formula is C19H18N4O4. The predicted molar refractivity (Wildman–Crippen MR) is 99.2 cm³/mol. The van der Waals surface area contributed by atoms with E-state index in [2.05, 4.69) is 20.4 Å². The van der Waals surface area contributed by atoms with E-state index in [1.165, 1.54) is 11.8 Å². The molecule has 3 rings (SSSR count). The largest absolute Gasteiger partial charge is 0.469 e. The number of hydrogen-bond acceptors (Lipinski definition) is 6. The molecule has 0 fully saturated rings. The number of methoxy groups -OCH3 is 1. The van der Waals surface area contributed by atoms with Crippen LogP contribution in [-0.2, 0) is 27.3 Å². The van der Waals surface area contributed by atoms with E-state index >= 15 is 0 Å². The van der Waals surface area contributed by atoms with Crippen LogP contribution in [0.5, 0.6) is 0 Å². The molecule has 3 aromatic rings. The van der Waals surface area contributed by atoms with Crippen LogP contribution in [0.2, 0.25) is 0 Å². The van der Waals surface area contributed by atoms with Gasteiger partial charge < -0.3 is 10.1 Å². The van der Waals surface area contributed by atoms with E-state index in [-0.39, 0.29) is 30.9 Å². The van der Waals surface area contributed by atoms with E-state index in [4.69, 9.17) is 0 Å². The van der Waals surface area contributed by atoms with Crippen molar-refractivity contribution in [1.29, 1.82) is 0 Å². The number of amides is 1. The maximum Gasteiger partial charge on any atom is 0.310 e. The Morgan fingerprint density at radius 2 is 1.85 bits per heavy atom. The summed E-state index contributed by atoms with van der Waals surface area (Å²) in [5, 5.41) is 11.1. The van der Waals surface area contributed by atoms with Crippen molar-refractivity contribution < 1.29 is 14.3 Å². The quantitative estimate of drug-likeness (QED) is 0.664. The highest BCUT2D eigenvalue weighted by Crippen LogP contribution is 2.16. The van der Waals surface area contributed by atoms with Gasteiger partial charge in [0.25, 0.3) is 5.56 Å². The Morgan fingerprint density at radius 3 is 2.67 bits per heavy atom. The van der Waals surface area contributed by atoms with Gasteiger partial charge in [0.05, 0.1) is 25.5 Å². The second-order valence-electron chi connectivity index (χ2n) is 5.84. The average molecular weight is 366 g/mol. The molecule has 1 amide bonds. The van der Waals surface area contributed by atoms with Crippen LogP contribution >= 0.6 is 0 Å². The first-order chi connectivity index (χ1) is 13.1. The number of aromatic nitrogens is 3. The highest BCUT2D eigenvalue weighted by molar-refractivity contribution is 5.92. The zero-order chi connectivity index (χ0) is 19.2. The number of aryl methyl sites for hydroxylation is 1. The highest BCUT2D eigenvalue weighted by atomic mass is 16.5. The molecular weight excluding hydrogens is 348 g/mol. The van der Waals surface area contributed by atoms with Gasteiger partial charge >= 0.3 is 5.97 Å². The van der Waals surface area contributed by atoms with Crippen LogP contribution in [0.3, 0.4) is 0 Å². The lowest BCUT2D eigenvalue weighted by atomic mass is 10.1. The number of carbonyl (C=O) groups is 2. The second-order valence-corrected chi connectivity index (χ2v) is 5.84. The first-order valence-electron chi connectivity index (χ1n) is 8.35. The summed E-state index contributed by atoms with van der Waals surface area (Å²) in [5.41, 5.74) is 1.41. The SMILES string of the molecule is COC(=O)Cc1ccccc1NC(=O)CCn1nnc2ccccc2c1=O. The lowest BCUT2D eigenvalue weighted by Gasteiger charge is -2.10. The smallest absolute Gasteiger partial charge is 0.310 e. The van der Waals surface area contributed by atoms with Crippen molar-refractivity contribution in [2.75, 3.05) is 12.4 Å². The number of para-hydroxylation sites is 1. The summed E-state index contributed by atoms with van der Waals surface area (Å²) >= 11 is 0. The molecule has 0 aliphatic heterocycles. The van der Waals surface area contributed by atoms with E-state index in [9.17, 15) is 14.4 Å². The molecule has 1 N–H and O–H groups in total. The summed E-state index contributed by atoms with van der Waals surface area (Å²) in [4.78, 5) is 36.1. The van der Waals surface area contributed by atoms with Crippen molar-refractivity contribution in [2.45, 2.75) is 19.4 Å². The van der Waals surface area contributed by atoms with Gasteiger partial charge in [-0.15, -0.1) is 5.10 Å². The van der Waals surface area contributed by atoms with Crippen LogP contribution in [0.15, 0.2) is 53.3 Å². The number of nitrogens with one attached hydrogen (secondary N) is 1. The minimum Gasteiger partial charge on any atom is -0.469 e. The first kappa shape index (κ1) is 18.2. The van der Waals surface area contributed by atoms with E-state index in [1.54, 1.807) is 48.5 Å². The molecule has 1 heterocycles. The molecule has 0 radical (unpaired) electrons. The molecule has 0 spiro atoms. The summed E-state index contributed by atoms with van der Waals surface area (Å²) in [7, 11) is 1.31. The highest BCUT2D eigenvalue weighted by Gasteiger charge is 2.12. The van der Waals surface area contributed by atoms with Gasteiger partial charge in [-0.2, -0.15) is 0 Å². The molecule has 0 bridgehead atoms. The van der Waals surface area contributed by atoms with Crippen molar-refractivity contribution in [3.63, 3.8) is 0 Å². The number of anilines is 1. The Kier molecular flexibility index (Phi) is 5.55. The standard InChI is InChI=1S/C19H18N4O4/c1-27-18(25)12-13-6-2-4-8-15(13)20-17(24)10-11-23-19(26)14-7-3-5-9-16(14)21-22-23/h2-9H,10-12H2,1H3,(H,20,24). The molecule has 0 aliphatic carbocycles. The van der Waals surface area contributed by atoms with Crippen LogP contribution < -0.4 is 10.9 Å². The van der Waals surface area contributed by atoms with Gasteiger partial charge in [-0.3, -0.25) is 14.4 Å². The Morgan fingerprint density at radius 1 is 1.11 bits per heavy atom. The van der Waals surface area contributed by atoms with Crippen molar-refractivity contribution in [3.05, 3.63) is 64.4 Å². The summed E-state index contributed by atoms with van der Waals surface area (Å²) < 4.78 is 5.83. The molecule has 8 heteroatoms. The second kappa shape index (κ2) is 8.22. The number of fused-ring (bicyclic) bond motifs is 1. The van der Waals surface area contributed by atoms with Gasteiger partial charge in [0, 0.05) is 12.1 Å². The number of carbonyl (C=O) groups excluding carboxylic acids is 2. The molecule has 1 aromatic heterocycles. The third kappa shape index (κ3) is 4.35. The number of benzene rings is 2. The number of ether oxygens (including phenoxy) is 1. The van der Waals surface area contributed by atoms with Crippen molar-refractivity contribution in [3.8, 4) is 0 Å². The topological polar surface area (TPSA) is 103 Å². The molecule has 0 atom stereocenters. The predicted octanol–water partition coefficient (Wildman–Crippen LogP) is 1.54. The van der Waals surface area contributed by atoms with Crippen molar-refractivity contribution in [2.24, 2.45) is 0 Å². The third-order valence-corrected chi connectivity index (χ3v) is 4.03. The number of nitrogens with zero attached hydrogens (tertiary/aromatic N) is 3. The minimum atomic E-state index is -0.394. The fourth-order valence-electron chi connectivity index (χ4n) is 2.61. The van der Waals surface area contributed by atoms with Crippen molar-refractivity contribution in [1.82, 2.24) is 15.0 Å². The Labute approximate surface area is 154 Å². The molecule has 8 nitrogen and oxygen atoms in total. The third-order valence-electron chi connectivity index (χ3n) is 4.03. The van der Waals surface area contributed by atoms with E-state index in [0.717, 1.165) is 0 Å². The first-order valence-corrected chi connectivity index (χ1v) is 8.35. The van der Waals surface area contributed by atoms with Crippen LogP contribution in [0, 0.1) is 0 Å². The van der Waals surface area contributed by atoms with Gasteiger partial charge in [0.1, 0.15) is 5.52 Å². The van der Waals surface area contributed by atoms with E-state index < -0.39 is 5.97 Å². The fraction of sp³-hybridized carbons (Fsp3) is 0.211. The maximum absolute atomic E-state index is 12.4. The lowest BCUT2D eigenvalue weighted by Crippen LogP contribution is -2.26. The number of esters is 1. The van der Waals surface area contributed by atoms with Gasteiger partial charge in [0.2, 0.25) is 5.91 Å². The molecule has 0 saturated carbocycles. The van der Waals surface area contributed by atoms with Crippen LogP contribution in [0.25, 0.3) is 10.9 Å². The molecule has 138 valence electrons. The summed E-state index contributed by atoms with van der Waals surface area (Å²) in [6, 6.07) is 13.9. The molecule has 2 aromatic carbocycles. The monoisotopic (exact) mass is 366 g/mol. The summed E-state index contributed by atoms with van der Waals surface area (Å²) in [5.74, 6) is -0.691. The van der Waals surface area contributed by atoms with E-state index in [0.29, 0.717) is 22.2 Å². The normalized spacial score (nSPS) is 10.6. The van der Waals surface area contributed by atoms with Crippen LogP contribution in [0.1, 0.15) is 12.0 Å². The van der Waals surface area contributed by atoms with Gasteiger partial charge in [-0.05, 0) is 23.8 Å². The van der Waals surface area contributed by atoms with Crippen LogP contribution in [-0.4, -0.2) is 34.0 Å². The van der Waals surface area contributed by atoms with Crippen LogP contribution in [0.4, 0.5) is 5.69 Å². The van der Waals surface area contributed by atoms with Crippen molar-refractivity contribution >= 4 is 28.5 Å². The Balaban J connectivity index is 1.68. The zero-order valence-electron chi connectivity index (χ0n) is 14.7. The molecule has 0 aliphatic rings. The molecule has 0 saturated heterocycles. The average Bonchev–Trinajstić information content (AvgIpc) is 2.69. The number of hydrogen-bond donors (Lipinski definition) is 1. The van der Waals surface area contributed by atoms with Gasteiger partial charge in [0.15, 0.2) is 0 Å². The molecule has 0 unspecified atom stereocenters. The zero-order valence-corrected chi connectivity index (χ0v) is 14.7. The van der Waals surface area contributed by atoms with Gasteiger partial charge in [-0.25, -0.2) is 4.68 Å². The summed E-state index contributed by atoms with van der Waals surface area (Å²) in [6.07, 6.45) is 0.0993.